The lowest BCUT2D eigenvalue weighted by atomic mass is 10.2. The SMILES string of the molecule is CCC(=O)C=C(O)C(O)=CC(=O)CC. The highest BCUT2D eigenvalue weighted by atomic mass is 16.3. The quantitative estimate of drug-likeness (QED) is 0.401. The van der Waals surface area contributed by atoms with Gasteiger partial charge in [0.15, 0.2) is 23.1 Å². The van der Waals surface area contributed by atoms with Gasteiger partial charge in [-0.15, -0.1) is 0 Å². The van der Waals surface area contributed by atoms with Gasteiger partial charge in [0.05, 0.1) is 0 Å². The number of allylic oxidation sites excluding steroid dienone is 2. The zero-order chi connectivity index (χ0) is 11.1. The maximum atomic E-state index is 10.8. The number of ketones is 2. The van der Waals surface area contributed by atoms with Gasteiger partial charge in [-0.2, -0.15) is 0 Å². The van der Waals surface area contributed by atoms with Gasteiger partial charge in [0.2, 0.25) is 0 Å². The van der Waals surface area contributed by atoms with E-state index < -0.39 is 11.5 Å². The number of hydrogen-bond donors (Lipinski definition) is 2. The van der Waals surface area contributed by atoms with Gasteiger partial charge in [-0.3, -0.25) is 9.59 Å². The molecule has 0 fully saturated rings. The molecule has 2 N–H and O–H groups in total. The first-order valence-electron chi connectivity index (χ1n) is 4.38. The predicted molar refractivity (Wildman–Crippen MR) is 52.0 cm³/mol. The summed E-state index contributed by atoms with van der Waals surface area (Å²) in [5.41, 5.74) is 0. The van der Waals surface area contributed by atoms with Gasteiger partial charge < -0.3 is 10.2 Å². The second-order valence-electron chi connectivity index (χ2n) is 2.70. The number of carbonyl (C=O) groups is 2. The lowest BCUT2D eigenvalue weighted by Gasteiger charge is -1.97. The van der Waals surface area contributed by atoms with Crippen molar-refractivity contribution >= 4 is 11.6 Å². The van der Waals surface area contributed by atoms with Crippen molar-refractivity contribution in [3.05, 3.63) is 23.7 Å². The van der Waals surface area contributed by atoms with Crippen LogP contribution in [0.5, 0.6) is 0 Å². The first-order valence-corrected chi connectivity index (χ1v) is 4.38. The summed E-state index contributed by atoms with van der Waals surface area (Å²) < 4.78 is 0. The molecule has 0 heterocycles. The number of aliphatic hydroxyl groups excluding tert-OH is 2. The smallest absolute Gasteiger partial charge is 0.161 e. The second kappa shape index (κ2) is 5.96. The molecular weight excluding hydrogens is 184 g/mol. The molecular formula is C10H14O4. The molecule has 0 atom stereocenters. The van der Waals surface area contributed by atoms with Crippen LogP contribution in [0.25, 0.3) is 0 Å². The largest absolute Gasteiger partial charge is 0.504 e. The van der Waals surface area contributed by atoms with Crippen LogP contribution >= 0.6 is 0 Å². The highest BCUT2D eigenvalue weighted by molar-refractivity contribution is 5.92. The van der Waals surface area contributed by atoms with Crippen LogP contribution in [-0.2, 0) is 9.59 Å². The Balaban J connectivity index is 4.61. The molecule has 0 aromatic heterocycles. The molecule has 0 radical (unpaired) electrons. The molecule has 0 amide bonds. The van der Waals surface area contributed by atoms with E-state index in [0.29, 0.717) is 0 Å². The van der Waals surface area contributed by atoms with Gasteiger partial charge in [-0.1, -0.05) is 13.8 Å². The lowest BCUT2D eigenvalue weighted by Crippen LogP contribution is -1.98. The molecule has 0 spiro atoms. The van der Waals surface area contributed by atoms with E-state index in [1.165, 1.54) is 0 Å². The van der Waals surface area contributed by atoms with Gasteiger partial charge in [-0.05, 0) is 0 Å². The maximum Gasteiger partial charge on any atom is 0.161 e. The first kappa shape index (κ1) is 12.4. The topological polar surface area (TPSA) is 74.6 Å². The van der Waals surface area contributed by atoms with E-state index in [1.54, 1.807) is 13.8 Å². The Morgan fingerprint density at radius 1 is 0.929 bits per heavy atom. The number of carbonyl (C=O) groups excluding carboxylic acids is 2. The molecule has 4 nitrogen and oxygen atoms in total. The van der Waals surface area contributed by atoms with E-state index in [0.717, 1.165) is 12.2 Å². The fourth-order valence-electron chi connectivity index (χ4n) is 0.657. The van der Waals surface area contributed by atoms with Crippen molar-refractivity contribution in [3.8, 4) is 0 Å². The van der Waals surface area contributed by atoms with Gasteiger partial charge in [0.25, 0.3) is 0 Å². The molecule has 0 aromatic carbocycles. The van der Waals surface area contributed by atoms with Crippen LogP contribution in [0, 0.1) is 0 Å². The summed E-state index contributed by atoms with van der Waals surface area (Å²) in [4.78, 5) is 21.6. The summed E-state index contributed by atoms with van der Waals surface area (Å²) in [5, 5.41) is 18.3. The molecule has 4 heteroatoms. The highest BCUT2D eigenvalue weighted by Gasteiger charge is 2.05. The summed E-state index contributed by atoms with van der Waals surface area (Å²) in [6, 6.07) is 0. The third-order valence-electron chi connectivity index (χ3n) is 1.55. The molecule has 0 rings (SSSR count). The Morgan fingerprint density at radius 2 is 1.21 bits per heavy atom. The van der Waals surface area contributed by atoms with E-state index >= 15 is 0 Å². The Hall–Kier alpha value is -1.58. The molecule has 0 aliphatic heterocycles. The maximum absolute atomic E-state index is 10.8. The molecule has 0 aliphatic carbocycles. The van der Waals surface area contributed by atoms with Gasteiger partial charge in [0.1, 0.15) is 0 Å². The zero-order valence-corrected chi connectivity index (χ0v) is 8.28. The monoisotopic (exact) mass is 198 g/mol. The predicted octanol–water partition coefficient (Wildman–Crippen LogP) is 1.83. The van der Waals surface area contributed by atoms with Crippen LogP contribution in [-0.4, -0.2) is 21.8 Å². The number of hydrogen-bond acceptors (Lipinski definition) is 4. The summed E-state index contributed by atoms with van der Waals surface area (Å²) in [5.74, 6) is -1.77. The summed E-state index contributed by atoms with van der Waals surface area (Å²) in [6.45, 7) is 3.26. The van der Waals surface area contributed by atoms with Crippen molar-refractivity contribution in [3.63, 3.8) is 0 Å². The lowest BCUT2D eigenvalue weighted by molar-refractivity contribution is -0.115. The summed E-state index contributed by atoms with van der Waals surface area (Å²) in [7, 11) is 0. The molecule has 0 aliphatic rings. The van der Waals surface area contributed by atoms with Crippen LogP contribution in [0.1, 0.15) is 26.7 Å². The average molecular weight is 198 g/mol. The molecule has 0 aromatic rings. The second-order valence-corrected chi connectivity index (χ2v) is 2.70. The molecule has 0 bridgehead atoms. The average Bonchev–Trinajstić information content (AvgIpc) is 2.17. The van der Waals surface area contributed by atoms with E-state index in [-0.39, 0.29) is 24.4 Å². The fourth-order valence-corrected chi connectivity index (χ4v) is 0.657. The van der Waals surface area contributed by atoms with E-state index in [1.807, 2.05) is 0 Å². The van der Waals surface area contributed by atoms with Crippen molar-refractivity contribution < 1.29 is 19.8 Å². The number of rotatable bonds is 5. The highest BCUT2D eigenvalue weighted by Crippen LogP contribution is 2.04. The summed E-state index contributed by atoms with van der Waals surface area (Å²) >= 11 is 0. The van der Waals surface area contributed by atoms with Crippen molar-refractivity contribution in [2.24, 2.45) is 0 Å². The number of aliphatic hydroxyl groups is 2. The van der Waals surface area contributed by atoms with Gasteiger partial charge in [-0.25, -0.2) is 0 Å². The molecule has 0 saturated carbocycles. The third kappa shape index (κ3) is 4.45. The van der Waals surface area contributed by atoms with E-state index in [4.69, 9.17) is 10.2 Å². The Labute approximate surface area is 82.6 Å². The molecule has 78 valence electrons. The minimum Gasteiger partial charge on any atom is -0.504 e. The summed E-state index contributed by atoms with van der Waals surface area (Å²) in [6.07, 6.45) is 2.27. The molecule has 0 saturated heterocycles. The van der Waals surface area contributed by atoms with Crippen molar-refractivity contribution in [1.82, 2.24) is 0 Å². The Kier molecular flexibility index (Phi) is 5.29. The van der Waals surface area contributed by atoms with Crippen molar-refractivity contribution in [2.45, 2.75) is 26.7 Å². The van der Waals surface area contributed by atoms with Crippen LogP contribution in [0.3, 0.4) is 0 Å². The van der Waals surface area contributed by atoms with Crippen LogP contribution in [0.4, 0.5) is 0 Å². The van der Waals surface area contributed by atoms with Gasteiger partial charge in [0, 0.05) is 25.0 Å². The minimum atomic E-state index is -0.571. The minimum absolute atomic E-state index is 0.235. The van der Waals surface area contributed by atoms with E-state index in [9.17, 15) is 9.59 Å². The normalized spacial score (nSPS) is 12.7. The fraction of sp³-hybridized carbons (Fsp3) is 0.400. The van der Waals surface area contributed by atoms with Crippen LogP contribution in [0.2, 0.25) is 0 Å². The van der Waals surface area contributed by atoms with Gasteiger partial charge >= 0.3 is 0 Å². The Bertz CT molecular complexity index is 256. The zero-order valence-electron chi connectivity index (χ0n) is 8.28. The standard InChI is InChI=1S/C10H14O4/c1-3-7(11)5-9(13)10(14)6-8(12)4-2/h5-6,13-14H,3-4H2,1-2H3. The molecule has 0 unspecified atom stereocenters. The van der Waals surface area contributed by atoms with Crippen LogP contribution in [0.15, 0.2) is 23.7 Å². The first-order chi connectivity index (χ1) is 6.51. The molecule has 14 heavy (non-hydrogen) atoms. The van der Waals surface area contributed by atoms with Crippen molar-refractivity contribution in [2.75, 3.05) is 0 Å². The Morgan fingerprint density at radius 3 is 1.43 bits per heavy atom. The van der Waals surface area contributed by atoms with E-state index in [2.05, 4.69) is 0 Å². The third-order valence-corrected chi connectivity index (χ3v) is 1.55. The van der Waals surface area contributed by atoms with Crippen molar-refractivity contribution in [1.29, 1.82) is 0 Å². The van der Waals surface area contributed by atoms with Crippen LogP contribution < -0.4 is 0 Å².